The van der Waals surface area contributed by atoms with Crippen LogP contribution < -0.4 is 0 Å². The first-order valence-electron chi connectivity index (χ1n) is 12.1. The molecular weight excluding hydrogens is 409 g/mol. The zero-order chi connectivity index (χ0) is 23.8. The van der Waals surface area contributed by atoms with Gasteiger partial charge in [0.15, 0.2) is 0 Å². The normalized spacial score (nSPS) is 16.6. The number of likely N-dealkylation sites (tertiary alicyclic amines) is 1. The Balaban J connectivity index is 0.00000149. The molecule has 1 aliphatic rings. The third kappa shape index (κ3) is 5.39. The van der Waals surface area contributed by atoms with Gasteiger partial charge >= 0.3 is 0 Å². The summed E-state index contributed by atoms with van der Waals surface area (Å²) >= 11 is 0. The fourth-order valence-electron chi connectivity index (χ4n) is 4.88. The Morgan fingerprint density at radius 2 is 1.82 bits per heavy atom. The van der Waals surface area contributed by atoms with Gasteiger partial charge in [0.1, 0.15) is 5.82 Å². The van der Waals surface area contributed by atoms with Gasteiger partial charge in [-0.05, 0) is 80.6 Å². The maximum Gasteiger partial charge on any atom is 0.126 e. The molecule has 4 heteroatoms. The number of allylic oxidation sites excluding steroid dienone is 1. The van der Waals surface area contributed by atoms with Crippen molar-refractivity contribution in [3.63, 3.8) is 0 Å². The van der Waals surface area contributed by atoms with Crippen molar-refractivity contribution in [2.45, 2.75) is 52.5 Å². The van der Waals surface area contributed by atoms with Crippen molar-refractivity contribution >= 4 is 16.6 Å². The predicted molar refractivity (Wildman–Crippen MR) is 139 cm³/mol. The molecule has 4 rings (SSSR count). The lowest BCUT2D eigenvalue weighted by Crippen LogP contribution is -2.40. The SMILES string of the molecule is C/C=C\C(=NC)C(c1ccc2cccnc2c1C)N1CCC(c2ccccc2F)CC1.CC. The minimum absolute atomic E-state index is 0.0641. The molecule has 0 spiro atoms. The maximum atomic E-state index is 14.3. The van der Waals surface area contributed by atoms with Crippen LogP contribution >= 0.6 is 0 Å². The van der Waals surface area contributed by atoms with E-state index in [4.69, 9.17) is 0 Å². The van der Waals surface area contributed by atoms with Gasteiger partial charge in [-0.3, -0.25) is 14.9 Å². The molecule has 2 heterocycles. The van der Waals surface area contributed by atoms with E-state index in [2.05, 4.69) is 52.2 Å². The number of fused-ring (bicyclic) bond motifs is 1. The van der Waals surface area contributed by atoms with E-state index in [-0.39, 0.29) is 17.8 Å². The Hall–Kier alpha value is -2.85. The largest absolute Gasteiger partial charge is 0.291 e. The highest BCUT2D eigenvalue weighted by Crippen LogP contribution is 2.36. The molecule has 1 fully saturated rings. The molecule has 1 aromatic heterocycles. The molecule has 0 aliphatic carbocycles. The number of aromatic nitrogens is 1. The molecule has 0 radical (unpaired) electrons. The molecule has 2 aromatic carbocycles. The second-order valence-electron chi connectivity index (χ2n) is 8.24. The lowest BCUT2D eigenvalue weighted by molar-refractivity contribution is 0.187. The van der Waals surface area contributed by atoms with E-state index in [0.717, 1.165) is 48.1 Å². The monoisotopic (exact) mass is 445 g/mol. The van der Waals surface area contributed by atoms with Gasteiger partial charge in [-0.1, -0.05) is 56.3 Å². The van der Waals surface area contributed by atoms with Crippen LogP contribution in [0.3, 0.4) is 0 Å². The van der Waals surface area contributed by atoms with Crippen LogP contribution in [-0.2, 0) is 0 Å². The van der Waals surface area contributed by atoms with Crippen molar-refractivity contribution in [3.05, 3.63) is 89.4 Å². The van der Waals surface area contributed by atoms with Crippen molar-refractivity contribution in [1.82, 2.24) is 9.88 Å². The van der Waals surface area contributed by atoms with Crippen molar-refractivity contribution in [2.24, 2.45) is 4.99 Å². The van der Waals surface area contributed by atoms with Crippen molar-refractivity contribution in [1.29, 1.82) is 0 Å². The molecule has 3 nitrogen and oxygen atoms in total. The molecule has 1 atom stereocenters. The fourth-order valence-corrected chi connectivity index (χ4v) is 4.88. The Morgan fingerprint density at radius 3 is 2.48 bits per heavy atom. The highest BCUT2D eigenvalue weighted by atomic mass is 19.1. The Morgan fingerprint density at radius 1 is 1.09 bits per heavy atom. The Bertz CT molecular complexity index is 1110. The zero-order valence-electron chi connectivity index (χ0n) is 20.6. The van der Waals surface area contributed by atoms with Crippen LogP contribution in [0.5, 0.6) is 0 Å². The maximum absolute atomic E-state index is 14.3. The average molecular weight is 446 g/mol. The highest BCUT2D eigenvalue weighted by molar-refractivity contribution is 6.00. The molecule has 3 aromatic rings. The third-order valence-electron chi connectivity index (χ3n) is 6.48. The van der Waals surface area contributed by atoms with Crippen LogP contribution in [0.15, 0.2) is 71.9 Å². The fraction of sp³-hybridized carbons (Fsp3) is 0.379. The van der Waals surface area contributed by atoms with Gasteiger partial charge in [0.25, 0.3) is 0 Å². The summed E-state index contributed by atoms with van der Waals surface area (Å²) in [6.45, 7) is 9.99. The van der Waals surface area contributed by atoms with Crippen LogP contribution in [0.4, 0.5) is 4.39 Å². The number of benzene rings is 2. The number of rotatable bonds is 5. The van der Waals surface area contributed by atoms with E-state index >= 15 is 0 Å². The molecular formula is C29H36FN3. The van der Waals surface area contributed by atoms with Crippen LogP contribution in [0, 0.1) is 12.7 Å². The van der Waals surface area contributed by atoms with Gasteiger partial charge in [0.2, 0.25) is 0 Å². The number of aliphatic imine (C=N–C) groups is 1. The minimum Gasteiger partial charge on any atom is -0.291 e. The van der Waals surface area contributed by atoms with Crippen LogP contribution in [0.25, 0.3) is 10.9 Å². The van der Waals surface area contributed by atoms with E-state index in [1.54, 1.807) is 12.1 Å². The molecule has 0 N–H and O–H groups in total. The third-order valence-corrected chi connectivity index (χ3v) is 6.48. The van der Waals surface area contributed by atoms with Gasteiger partial charge in [0.05, 0.1) is 17.3 Å². The number of halogens is 1. The Labute approximate surface area is 198 Å². The highest BCUT2D eigenvalue weighted by Gasteiger charge is 2.31. The number of hydrogen-bond acceptors (Lipinski definition) is 3. The Kier molecular flexibility index (Phi) is 8.90. The molecule has 0 amide bonds. The number of hydrogen-bond donors (Lipinski definition) is 0. The lowest BCUT2D eigenvalue weighted by Gasteiger charge is -2.38. The van der Waals surface area contributed by atoms with Gasteiger partial charge in [0, 0.05) is 18.6 Å². The number of aryl methyl sites for hydroxylation is 1. The molecule has 0 bridgehead atoms. The molecule has 174 valence electrons. The average Bonchev–Trinajstić information content (AvgIpc) is 2.87. The van der Waals surface area contributed by atoms with E-state index in [9.17, 15) is 4.39 Å². The van der Waals surface area contributed by atoms with Crippen LogP contribution in [0.2, 0.25) is 0 Å². The number of pyridine rings is 1. The number of piperidine rings is 1. The second kappa shape index (κ2) is 11.9. The quantitative estimate of drug-likeness (QED) is 0.386. The smallest absolute Gasteiger partial charge is 0.126 e. The molecule has 1 unspecified atom stereocenters. The second-order valence-corrected chi connectivity index (χ2v) is 8.24. The summed E-state index contributed by atoms with van der Waals surface area (Å²) in [5, 5.41) is 1.15. The summed E-state index contributed by atoms with van der Waals surface area (Å²) < 4.78 is 14.3. The van der Waals surface area contributed by atoms with Gasteiger partial charge in [-0.15, -0.1) is 0 Å². The topological polar surface area (TPSA) is 28.5 Å². The standard InChI is InChI=1S/C27H30FN3.C2H6/c1-4-8-25(29-3)27(22-13-12-21-9-7-16-30-26(21)19(22)2)31-17-14-20(15-18-31)23-10-5-6-11-24(23)28;1-2/h4-13,16,20,27H,14-15,17-18H2,1-3H3;1-2H3/b8-4-,29-25?;. The molecule has 1 saturated heterocycles. The van der Waals surface area contributed by atoms with Crippen molar-refractivity contribution in [3.8, 4) is 0 Å². The summed E-state index contributed by atoms with van der Waals surface area (Å²) in [7, 11) is 1.86. The van der Waals surface area contributed by atoms with Gasteiger partial charge in [-0.25, -0.2) is 4.39 Å². The summed E-state index contributed by atoms with van der Waals surface area (Å²) in [6.07, 6.45) is 7.89. The number of nitrogens with zero attached hydrogens (tertiary/aromatic N) is 3. The van der Waals surface area contributed by atoms with Crippen LogP contribution in [0.1, 0.15) is 62.3 Å². The first-order valence-corrected chi connectivity index (χ1v) is 12.1. The van der Waals surface area contributed by atoms with E-state index in [0.29, 0.717) is 0 Å². The van der Waals surface area contributed by atoms with E-state index in [1.807, 2.05) is 52.2 Å². The van der Waals surface area contributed by atoms with E-state index < -0.39 is 0 Å². The first-order chi connectivity index (χ1) is 16.1. The van der Waals surface area contributed by atoms with E-state index in [1.165, 1.54) is 11.1 Å². The zero-order valence-corrected chi connectivity index (χ0v) is 20.6. The van der Waals surface area contributed by atoms with Crippen molar-refractivity contribution < 1.29 is 4.39 Å². The predicted octanol–water partition coefficient (Wildman–Crippen LogP) is 7.28. The lowest BCUT2D eigenvalue weighted by atomic mass is 9.86. The van der Waals surface area contributed by atoms with Gasteiger partial charge < -0.3 is 0 Å². The summed E-state index contributed by atoms with van der Waals surface area (Å²) in [6, 6.07) is 15.7. The first kappa shape index (κ1) is 24.8. The summed E-state index contributed by atoms with van der Waals surface area (Å²) in [4.78, 5) is 11.8. The molecule has 0 saturated carbocycles. The van der Waals surface area contributed by atoms with Gasteiger partial charge in [-0.2, -0.15) is 0 Å². The summed E-state index contributed by atoms with van der Waals surface area (Å²) in [5.74, 6) is 0.180. The van der Waals surface area contributed by atoms with Crippen molar-refractivity contribution in [2.75, 3.05) is 20.1 Å². The molecule has 33 heavy (non-hydrogen) atoms. The minimum atomic E-state index is -0.0846. The molecule has 1 aliphatic heterocycles. The van der Waals surface area contributed by atoms with Crippen LogP contribution in [-0.4, -0.2) is 35.7 Å². The summed E-state index contributed by atoms with van der Waals surface area (Å²) in [5.41, 5.74) is 5.38.